The van der Waals surface area contributed by atoms with Gasteiger partial charge in [0.1, 0.15) is 5.75 Å². The molecular formula is C14H20N2O2. The van der Waals surface area contributed by atoms with Gasteiger partial charge >= 0.3 is 0 Å². The van der Waals surface area contributed by atoms with Gasteiger partial charge in [-0.25, -0.2) is 0 Å². The molecule has 4 heteroatoms. The summed E-state index contributed by atoms with van der Waals surface area (Å²) in [5, 5.41) is 2.93. The number of ether oxygens (including phenoxy) is 1. The van der Waals surface area contributed by atoms with Crippen molar-refractivity contribution >= 4 is 11.6 Å². The van der Waals surface area contributed by atoms with Crippen molar-refractivity contribution in [3.8, 4) is 5.75 Å². The van der Waals surface area contributed by atoms with Crippen molar-refractivity contribution in [3.63, 3.8) is 0 Å². The maximum atomic E-state index is 11.7. The molecular weight excluding hydrogens is 228 g/mol. The first kappa shape index (κ1) is 12.7. The summed E-state index contributed by atoms with van der Waals surface area (Å²) in [6, 6.07) is 5.57. The van der Waals surface area contributed by atoms with Gasteiger partial charge in [-0.3, -0.25) is 4.79 Å². The minimum atomic E-state index is 0.133. The number of rotatable bonds is 5. The number of benzene rings is 1. The van der Waals surface area contributed by atoms with E-state index in [0.29, 0.717) is 30.3 Å². The van der Waals surface area contributed by atoms with Gasteiger partial charge in [-0.05, 0) is 36.5 Å². The van der Waals surface area contributed by atoms with Crippen molar-refractivity contribution in [1.29, 1.82) is 0 Å². The number of carbonyl (C=O) groups excluding carboxylic acids is 1. The molecule has 3 N–H and O–H groups in total. The molecule has 0 heterocycles. The van der Waals surface area contributed by atoms with Crippen LogP contribution in [0.4, 0.5) is 5.69 Å². The third kappa shape index (κ3) is 3.15. The maximum Gasteiger partial charge on any atom is 0.220 e. The van der Waals surface area contributed by atoms with Gasteiger partial charge in [0, 0.05) is 13.0 Å². The molecule has 1 aliphatic carbocycles. The van der Waals surface area contributed by atoms with Gasteiger partial charge < -0.3 is 15.8 Å². The van der Waals surface area contributed by atoms with Crippen LogP contribution >= 0.6 is 0 Å². The molecule has 0 bridgehead atoms. The molecule has 1 saturated carbocycles. The third-order valence-electron chi connectivity index (χ3n) is 3.48. The molecule has 4 nitrogen and oxygen atoms in total. The highest BCUT2D eigenvalue weighted by atomic mass is 16.5. The largest absolute Gasteiger partial charge is 0.495 e. The number of nitrogens with one attached hydrogen (secondary N) is 1. The Kier molecular flexibility index (Phi) is 4.07. The molecule has 0 radical (unpaired) electrons. The van der Waals surface area contributed by atoms with Crippen molar-refractivity contribution < 1.29 is 9.53 Å². The highest BCUT2D eigenvalue weighted by Gasteiger charge is 2.20. The number of methoxy groups -OCH3 is 1. The van der Waals surface area contributed by atoms with Crippen LogP contribution in [0.15, 0.2) is 18.2 Å². The fourth-order valence-corrected chi connectivity index (χ4v) is 2.13. The van der Waals surface area contributed by atoms with Gasteiger partial charge in [0.15, 0.2) is 0 Å². The van der Waals surface area contributed by atoms with Crippen LogP contribution in [0.5, 0.6) is 5.75 Å². The Bertz CT molecular complexity index is 428. The Morgan fingerprint density at radius 2 is 2.28 bits per heavy atom. The summed E-state index contributed by atoms with van der Waals surface area (Å²) in [7, 11) is 1.59. The van der Waals surface area contributed by atoms with Gasteiger partial charge in [0.05, 0.1) is 12.8 Å². The Labute approximate surface area is 108 Å². The van der Waals surface area contributed by atoms with Gasteiger partial charge in [-0.1, -0.05) is 12.5 Å². The highest BCUT2D eigenvalue weighted by molar-refractivity contribution is 5.76. The zero-order chi connectivity index (χ0) is 13.0. The predicted molar refractivity (Wildman–Crippen MR) is 71.2 cm³/mol. The molecule has 1 fully saturated rings. The molecule has 98 valence electrons. The van der Waals surface area contributed by atoms with E-state index in [9.17, 15) is 4.79 Å². The number of hydrogen-bond donors (Lipinski definition) is 2. The van der Waals surface area contributed by atoms with Crippen molar-refractivity contribution in [2.24, 2.45) is 5.92 Å². The van der Waals surface area contributed by atoms with E-state index in [1.807, 2.05) is 18.2 Å². The zero-order valence-electron chi connectivity index (χ0n) is 10.7. The van der Waals surface area contributed by atoms with Crippen LogP contribution < -0.4 is 15.8 Å². The Hall–Kier alpha value is -1.71. The van der Waals surface area contributed by atoms with Crippen LogP contribution in [0.1, 0.15) is 31.2 Å². The van der Waals surface area contributed by atoms with Gasteiger partial charge in [0.2, 0.25) is 5.91 Å². The lowest BCUT2D eigenvalue weighted by molar-refractivity contribution is -0.122. The van der Waals surface area contributed by atoms with E-state index in [1.54, 1.807) is 7.11 Å². The van der Waals surface area contributed by atoms with Crippen LogP contribution in [0, 0.1) is 5.92 Å². The van der Waals surface area contributed by atoms with Gasteiger partial charge in [0.25, 0.3) is 0 Å². The molecule has 0 aromatic heterocycles. The Morgan fingerprint density at radius 1 is 1.50 bits per heavy atom. The molecule has 1 aliphatic rings. The quantitative estimate of drug-likeness (QED) is 0.784. The van der Waals surface area contributed by atoms with Crippen molar-refractivity contribution in [2.75, 3.05) is 12.8 Å². The summed E-state index contributed by atoms with van der Waals surface area (Å²) in [6.07, 6.45) is 4.32. The number of hydrogen-bond acceptors (Lipinski definition) is 3. The van der Waals surface area contributed by atoms with Gasteiger partial charge in [-0.2, -0.15) is 0 Å². The molecule has 1 aromatic rings. The fraction of sp³-hybridized carbons (Fsp3) is 0.500. The van der Waals surface area contributed by atoms with Crippen LogP contribution in [-0.2, 0) is 11.3 Å². The van der Waals surface area contributed by atoms with E-state index in [0.717, 1.165) is 5.56 Å². The van der Waals surface area contributed by atoms with Crippen LogP contribution in [0.25, 0.3) is 0 Å². The van der Waals surface area contributed by atoms with Crippen molar-refractivity contribution in [1.82, 2.24) is 5.32 Å². The number of nitrogen functional groups attached to an aromatic ring is 1. The zero-order valence-corrected chi connectivity index (χ0v) is 10.7. The SMILES string of the molecule is COc1ccc(CNC(=O)CC2CCC2)cc1N. The highest BCUT2D eigenvalue weighted by Crippen LogP contribution is 2.29. The summed E-state index contributed by atoms with van der Waals surface area (Å²) >= 11 is 0. The number of nitrogens with two attached hydrogens (primary N) is 1. The third-order valence-corrected chi connectivity index (χ3v) is 3.48. The lowest BCUT2D eigenvalue weighted by Gasteiger charge is -2.24. The second-order valence-electron chi connectivity index (χ2n) is 4.85. The predicted octanol–water partition coefficient (Wildman–Crippen LogP) is 2.08. The van der Waals surface area contributed by atoms with E-state index >= 15 is 0 Å². The second kappa shape index (κ2) is 5.76. The van der Waals surface area contributed by atoms with E-state index < -0.39 is 0 Å². The van der Waals surface area contributed by atoms with E-state index in [1.165, 1.54) is 19.3 Å². The molecule has 0 atom stereocenters. The molecule has 0 aliphatic heterocycles. The Balaban J connectivity index is 1.81. The summed E-state index contributed by atoms with van der Waals surface area (Å²) < 4.78 is 5.09. The molecule has 2 rings (SSSR count). The lowest BCUT2D eigenvalue weighted by Crippen LogP contribution is -2.27. The van der Waals surface area contributed by atoms with E-state index in [4.69, 9.17) is 10.5 Å². The van der Waals surface area contributed by atoms with Crippen LogP contribution in [-0.4, -0.2) is 13.0 Å². The molecule has 0 unspecified atom stereocenters. The van der Waals surface area contributed by atoms with E-state index in [-0.39, 0.29) is 5.91 Å². The molecule has 1 amide bonds. The van der Waals surface area contributed by atoms with E-state index in [2.05, 4.69) is 5.32 Å². The summed E-state index contributed by atoms with van der Waals surface area (Å²) in [5.74, 6) is 1.40. The number of carbonyl (C=O) groups is 1. The minimum absolute atomic E-state index is 0.133. The number of anilines is 1. The average Bonchev–Trinajstić information content (AvgIpc) is 2.31. The maximum absolute atomic E-state index is 11.7. The molecule has 18 heavy (non-hydrogen) atoms. The standard InChI is InChI=1S/C14H20N2O2/c1-18-13-6-5-11(7-12(13)15)9-16-14(17)8-10-3-2-4-10/h5-7,10H,2-4,8-9,15H2,1H3,(H,16,17). The van der Waals surface area contributed by atoms with Crippen molar-refractivity contribution in [3.05, 3.63) is 23.8 Å². The monoisotopic (exact) mass is 248 g/mol. The molecule has 0 saturated heterocycles. The van der Waals surface area contributed by atoms with Crippen molar-refractivity contribution in [2.45, 2.75) is 32.2 Å². The summed E-state index contributed by atoms with van der Waals surface area (Å²) in [5.41, 5.74) is 7.41. The van der Waals surface area contributed by atoms with Crippen LogP contribution in [0.3, 0.4) is 0 Å². The smallest absolute Gasteiger partial charge is 0.220 e. The molecule has 1 aromatic carbocycles. The van der Waals surface area contributed by atoms with Crippen LogP contribution in [0.2, 0.25) is 0 Å². The van der Waals surface area contributed by atoms with Gasteiger partial charge in [-0.15, -0.1) is 0 Å². The Morgan fingerprint density at radius 3 is 2.83 bits per heavy atom. The lowest BCUT2D eigenvalue weighted by atomic mass is 9.83. The normalized spacial score (nSPS) is 14.9. The second-order valence-corrected chi connectivity index (χ2v) is 4.85. The first-order valence-corrected chi connectivity index (χ1v) is 6.38. The number of amides is 1. The summed E-state index contributed by atoms with van der Waals surface area (Å²) in [6.45, 7) is 0.528. The minimum Gasteiger partial charge on any atom is -0.495 e. The first-order valence-electron chi connectivity index (χ1n) is 6.38. The fourth-order valence-electron chi connectivity index (χ4n) is 2.13. The molecule has 0 spiro atoms. The topological polar surface area (TPSA) is 64.3 Å². The first-order chi connectivity index (χ1) is 8.69. The average molecular weight is 248 g/mol. The summed E-state index contributed by atoms with van der Waals surface area (Å²) in [4.78, 5) is 11.7.